The topological polar surface area (TPSA) is 88.5 Å². The van der Waals surface area contributed by atoms with Crippen LogP contribution in [-0.4, -0.2) is 21.5 Å². The van der Waals surface area contributed by atoms with Crippen molar-refractivity contribution in [1.29, 1.82) is 0 Å². The number of anilines is 1. The van der Waals surface area contributed by atoms with Gasteiger partial charge in [-0.15, -0.1) is 22.7 Å². The molecule has 0 aliphatic heterocycles. The van der Waals surface area contributed by atoms with Gasteiger partial charge in [0, 0.05) is 14.3 Å². The predicted molar refractivity (Wildman–Crippen MR) is 154 cm³/mol. The van der Waals surface area contributed by atoms with Gasteiger partial charge in [-0.3, -0.25) is 10.1 Å². The number of aromatic nitrogens is 1. The summed E-state index contributed by atoms with van der Waals surface area (Å²) in [7, 11) is 0. The number of carboxylic acid groups (broad SMARTS) is 1. The zero-order valence-electron chi connectivity index (χ0n) is 20.7. The summed E-state index contributed by atoms with van der Waals surface area (Å²) in [5.74, 6) is -0.736. The number of carbonyl (C=O) groups excluding carboxylic acids is 1. The Labute approximate surface area is 231 Å². The lowest BCUT2D eigenvalue weighted by Gasteiger charge is -2.14. The number of amides is 1. The van der Waals surface area contributed by atoms with Gasteiger partial charge in [0.25, 0.3) is 0 Å². The van der Waals surface area contributed by atoms with E-state index in [-0.39, 0.29) is 6.10 Å². The maximum absolute atomic E-state index is 12.7. The number of hydrogen-bond donors (Lipinski definition) is 2. The van der Waals surface area contributed by atoms with Crippen LogP contribution in [0.4, 0.5) is 10.5 Å². The van der Waals surface area contributed by atoms with E-state index < -0.39 is 17.5 Å². The molecule has 1 aliphatic rings. The number of fused-ring (bicyclic) bond motifs is 1. The molecule has 9 heteroatoms. The summed E-state index contributed by atoms with van der Waals surface area (Å²) in [6.07, 6.45) is 0.532. The third-order valence-electron chi connectivity index (χ3n) is 6.95. The van der Waals surface area contributed by atoms with Crippen molar-refractivity contribution in [2.45, 2.75) is 38.2 Å². The fourth-order valence-corrected chi connectivity index (χ4v) is 7.91. The van der Waals surface area contributed by atoms with Crippen molar-refractivity contribution in [3.63, 3.8) is 0 Å². The van der Waals surface area contributed by atoms with Crippen molar-refractivity contribution >= 4 is 61.4 Å². The lowest BCUT2D eigenvalue weighted by atomic mass is 9.95. The largest absolute Gasteiger partial charge is 0.481 e. The summed E-state index contributed by atoms with van der Waals surface area (Å²) in [5, 5.41) is 12.5. The number of ether oxygens (including phenoxy) is 1. The number of carbonyl (C=O) groups is 2. The van der Waals surface area contributed by atoms with Crippen LogP contribution in [0.3, 0.4) is 0 Å². The number of nitrogens with one attached hydrogen (secondary N) is 1. The number of rotatable bonds is 7. The van der Waals surface area contributed by atoms with Crippen LogP contribution in [0.2, 0.25) is 0 Å². The van der Waals surface area contributed by atoms with Crippen LogP contribution in [0.15, 0.2) is 66.7 Å². The molecule has 192 valence electrons. The van der Waals surface area contributed by atoms with Gasteiger partial charge in [0.1, 0.15) is 6.10 Å². The Morgan fingerprint density at radius 1 is 1.00 bits per heavy atom. The molecule has 1 amide bonds. The maximum Gasteiger partial charge on any atom is 0.412 e. The first kappa shape index (κ1) is 24.8. The minimum absolute atomic E-state index is 0.370. The van der Waals surface area contributed by atoms with E-state index in [0.717, 1.165) is 46.4 Å². The Morgan fingerprint density at radius 2 is 1.66 bits per heavy atom. The molecule has 6 nitrogen and oxygen atoms in total. The molecule has 0 unspecified atom stereocenters. The Bertz CT molecular complexity index is 1610. The van der Waals surface area contributed by atoms with Gasteiger partial charge in [-0.2, -0.15) is 4.37 Å². The molecular weight excluding hydrogens is 537 g/mol. The van der Waals surface area contributed by atoms with Crippen LogP contribution in [0, 0.1) is 6.92 Å². The maximum atomic E-state index is 12.7. The molecule has 1 aliphatic carbocycles. The van der Waals surface area contributed by atoms with Crippen LogP contribution >= 0.6 is 34.2 Å². The van der Waals surface area contributed by atoms with E-state index in [9.17, 15) is 14.7 Å². The summed E-state index contributed by atoms with van der Waals surface area (Å²) in [4.78, 5) is 27.4. The number of thiophene rings is 2. The second kappa shape index (κ2) is 9.65. The van der Waals surface area contributed by atoms with E-state index >= 15 is 0 Å². The Balaban J connectivity index is 1.20. The monoisotopic (exact) mass is 560 g/mol. The third-order valence-corrected chi connectivity index (χ3v) is 10.4. The van der Waals surface area contributed by atoms with E-state index in [0.29, 0.717) is 18.5 Å². The molecular formula is C29H24N2O4S3. The first-order chi connectivity index (χ1) is 18.3. The van der Waals surface area contributed by atoms with Crippen LogP contribution in [0.25, 0.3) is 29.6 Å². The van der Waals surface area contributed by atoms with Crippen molar-refractivity contribution in [1.82, 2.24) is 4.37 Å². The van der Waals surface area contributed by atoms with Gasteiger partial charge in [0.15, 0.2) is 0 Å². The van der Waals surface area contributed by atoms with Crippen LogP contribution in [-0.2, 0) is 14.9 Å². The second-order valence-electron chi connectivity index (χ2n) is 9.47. The Morgan fingerprint density at radius 3 is 2.32 bits per heavy atom. The first-order valence-electron chi connectivity index (χ1n) is 12.2. The highest BCUT2D eigenvalue weighted by Crippen LogP contribution is 2.49. The number of nitrogens with zero attached hydrogens (tertiary/aromatic N) is 1. The summed E-state index contributed by atoms with van der Waals surface area (Å²) in [6, 6.07) is 21.9. The molecule has 6 rings (SSSR count). The highest BCUT2D eigenvalue weighted by Gasteiger charge is 2.51. The van der Waals surface area contributed by atoms with Gasteiger partial charge in [-0.1, -0.05) is 54.6 Å². The van der Waals surface area contributed by atoms with Gasteiger partial charge in [-0.05, 0) is 67.0 Å². The van der Waals surface area contributed by atoms with E-state index in [1.807, 2.05) is 68.4 Å². The number of carboxylic acids is 1. The first-order valence-corrected chi connectivity index (χ1v) is 14.6. The SMILES string of the molecule is Cc1nsc(-c2cc3sc(-c4ccc(C5(C(=O)O)CC5)cc4)cc3s2)c1NC(=O)O[C@H](C)c1ccccc1. The molecule has 1 saturated carbocycles. The molecule has 5 aromatic rings. The molecule has 3 aromatic heterocycles. The van der Waals surface area contributed by atoms with Crippen molar-refractivity contribution in [2.75, 3.05) is 5.32 Å². The highest BCUT2D eigenvalue weighted by molar-refractivity contribution is 7.32. The molecule has 1 fully saturated rings. The van der Waals surface area contributed by atoms with Gasteiger partial charge < -0.3 is 9.84 Å². The lowest BCUT2D eigenvalue weighted by Crippen LogP contribution is -2.19. The smallest absolute Gasteiger partial charge is 0.412 e. The van der Waals surface area contributed by atoms with Crippen LogP contribution in [0.5, 0.6) is 0 Å². The molecule has 0 saturated heterocycles. The standard InChI is InChI=1S/C29H24N2O4S3/c1-16-25(30-28(34)35-17(2)18-6-4-3-5-7-18)26(38-31-16)24-15-23-22(37-24)14-21(36-23)19-8-10-20(11-9-19)29(12-13-29)27(32)33/h3-11,14-15,17H,12-13H2,1-2H3,(H,30,34)(H,32,33)/t17-/m1/s1. The Hall–Kier alpha value is -3.53. The molecule has 0 bridgehead atoms. The number of hydrogen-bond acceptors (Lipinski definition) is 7. The quantitative estimate of drug-likeness (QED) is 0.208. The van der Waals surface area contributed by atoms with E-state index in [1.54, 1.807) is 22.7 Å². The lowest BCUT2D eigenvalue weighted by molar-refractivity contribution is -0.140. The minimum Gasteiger partial charge on any atom is -0.481 e. The highest BCUT2D eigenvalue weighted by atomic mass is 32.1. The number of benzene rings is 2. The van der Waals surface area contributed by atoms with Crippen LogP contribution in [0.1, 0.15) is 42.7 Å². The summed E-state index contributed by atoms with van der Waals surface area (Å²) < 4.78 is 12.4. The molecule has 3 heterocycles. The Kier molecular flexibility index (Phi) is 6.29. The summed E-state index contributed by atoms with van der Waals surface area (Å²) in [5.41, 5.74) is 3.64. The zero-order chi connectivity index (χ0) is 26.4. The van der Waals surface area contributed by atoms with Crippen molar-refractivity contribution < 1.29 is 19.4 Å². The molecule has 38 heavy (non-hydrogen) atoms. The second-order valence-corrected chi connectivity index (χ2v) is 12.4. The molecule has 2 aromatic carbocycles. The van der Waals surface area contributed by atoms with Crippen molar-refractivity contribution in [2.24, 2.45) is 0 Å². The normalized spacial score (nSPS) is 14.8. The van der Waals surface area contributed by atoms with E-state index in [4.69, 9.17) is 4.74 Å². The van der Waals surface area contributed by atoms with Gasteiger partial charge in [-0.25, -0.2) is 4.79 Å². The predicted octanol–water partition coefficient (Wildman–Crippen LogP) is 8.49. The fraction of sp³-hybridized carbons (Fsp3) is 0.207. The number of aliphatic carboxylic acids is 1. The average molecular weight is 561 g/mol. The third kappa shape index (κ3) is 4.51. The zero-order valence-corrected chi connectivity index (χ0v) is 23.1. The van der Waals surface area contributed by atoms with Crippen molar-refractivity contribution in [3.05, 3.63) is 83.6 Å². The van der Waals surface area contributed by atoms with E-state index in [2.05, 4.69) is 21.8 Å². The van der Waals surface area contributed by atoms with Crippen molar-refractivity contribution in [3.8, 4) is 20.2 Å². The summed E-state index contributed by atoms with van der Waals surface area (Å²) >= 11 is 4.73. The van der Waals surface area contributed by atoms with Gasteiger partial charge in [0.05, 0.1) is 26.6 Å². The molecule has 2 N–H and O–H groups in total. The average Bonchev–Trinajstić information content (AvgIpc) is 3.34. The van der Waals surface area contributed by atoms with Gasteiger partial charge >= 0.3 is 12.1 Å². The van der Waals surface area contributed by atoms with E-state index in [1.165, 1.54) is 11.5 Å². The molecule has 0 spiro atoms. The fourth-order valence-electron chi connectivity index (χ4n) is 4.56. The minimum atomic E-state index is -0.736. The number of aryl methyl sites for hydroxylation is 1. The van der Waals surface area contributed by atoms with Gasteiger partial charge in [0.2, 0.25) is 0 Å². The molecule has 0 radical (unpaired) electrons. The van der Waals surface area contributed by atoms with Crippen LogP contribution < -0.4 is 5.32 Å². The molecule has 1 atom stereocenters. The summed E-state index contributed by atoms with van der Waals surface area (Å²) in [6.45, 7) is 3.73.